The Hall–Kier alpha value is -2.12. The summed E-state index contributed by atoms with van der Waals surface area (Å²) in [6, 6.07) is 12.3. The van der Waals surface area contributed by atoms with Gasteiger partial charge in [-0.15, -0.1) is 0 Å². The molecule has 2 rings (SSSR count). The lowest BCUT2D eigenvalue weighted by Crippen LogP contribution is -2.31. The van der Waals surface area contributed by atoms with E-state index in [4.69, 9.17) is 0 Å². The van der Waals surface area contributed by atoms with Gasteiger partial charge in [0.25, 0.3) is 0 Å². The minimum absolute atomic E-state index is 0.375. The minimum Gasteiger partial charge on any atom is -0.367 e. The van der Waals surface area contributed by atoms with Crippen LogP contribution in [0.2, 0.25) is 0 Å². The molecule has 1 aromatic carbocycles. The van der Waals surface area contributed by atoms with Crippen LogP contribution in [0.1, 0.15) is 12.5 Å². The maximum atomic E-state index is 9.21. The zero-order valence-corrected chi connectivity index (χ0v) is 11.5. The van der Waals surface area contributed by atoms with Crippen LogP contribution in [0.15, 0.2) is 30.3 Å². The molecule has 0 saturated heterocycles. The first-order valence-corrected chi connectivity index (χ1v) is 6.32. The van der Waals surface area contributed by atoms with Crippen LogP contribution < -0.4 is 5.32 Å². The zero-order chi connectivity index (χ0) is 13.8. The molecule has 4 nitrogen and oxygen atoms in total. The highest BCUT2D eigenvalue weighted by Gasteiger charge is 2.09. The number of hydrogen-bond donors (Lipinski definition) is 1. The fraction of sp³-hybridized carbons (Fsp3) is 0.333. The van der Waals surface area contributed by atoms with Gasteiger partial charge in [0, 0.05) is 18.0 Å². The first kappa shape index (κ1) is 13.3. The maximum absolute atomic E-state index is 9.21. The molecule has 0 amide bonds. The molecule has 1 aromatic heterocycles. The van der Waals surface area contributed by atoms with Gasteiger partial charge in [0.1, 0.15) is 11.9 Å². The lowest BCUT2D eigenvalue weighted by atomic mass is 10.1. The van der Waals surface area contributed by atoms with Crippen LogP contribution in [0.3, 0.4) is 0 Å². The summed E-state index contributed by atoms with van der Waals surface area (Å²) in [5.74, 6) is 0.662. The van der Waals surface area contributed by atoms with Gasteiger partial charge in [0.05, 0.1) is 11.1 Å². The Morgan fingerprint density at radius 3 is 2.79 bits per heavy atom. The first-order chi connectivity index (χ1) is 9.11. The Kier molecular flexibility index (Phi) is 3.98. The fourth-order valence-corrected chi connectivity index (χ4v) is 1.76. The van der Waals surface area contributed by atoms with Crippen molar-refractivity contribution in [3.63, 3.8) is 0 Å². The molecule has 0 aliphatic carbocycles. The Morgan fingerprint density at radius 2 is 2.11 bits per heavy atom. The van der Waals surface area contributed by atoms with Crippen LogP contribution in [0.25, 0.3) is 10.9 Å². The monoisotopic (exact) mass is 254 g/mol. The third-order valence-corrected chi connectivity index (χ3v) is 3.29. The number of nitrogens with one attached hydrogen (secondary N) is 1. The Morgan fingerprint density at radius 1 is 1.37 bits per heavy atom. The van der Waals surface area contributed by atoms with Gasteiger partial charge in [-0.05, 0) is 33.2 Å². The quantitative estimate of drug-likeness (QED) is 0.910. The molecule has 19 heavy (non-hydrogen) atoms. The number of nitrogens with zero attached hydrogens (tertiary/aromatic N) is 3. The molecule has 0 aliphatic rings. The molecule has 1 N–H and O–H groups in total. The van der Waals surface area contributed by atoms with Crippen LogP contribution >= 0.6 is 0 Å². The number of fused-ring (bicyclic) bond motifs is 1. The van der Waals surface area contributed by atoms with Crippen molar-refractivity contribution in [3.05, 3.63) is 35.9 Å². The molecular formula is C15H18N4. The SMILES string of the molecule is CC(CNc1nc2ccccc2cc1C#N)N(C)C. The van der Waals surface area contributed by atoms with E-state index >= 15 is 0 Å². The van der Waals surface area contributed by atoms with Gasteiger partial charge in [-0.1, -0.05) is 18.2 Å². The van der Waals surface area contributed by atoms with Crippen molar-refractivity contribution < 1.29 is 0 Å². The number of hydrogen-bond acceptors (Lipinski definition) is 4. The molecule has 0 aliphatic heterocycles. The standard InChI is InChI=1S/C15H18N4/c1-11(19(2)3)10-17-15-13(9-16)8-12-6-4-5-7-14(12)18-15/h4-8,11H,10H2,1-3H3,(H,17,18). The third kappa shape index (κ3) is 3.01. The summed E-state index contributed by atoms with van der Waals surface area (Å²) in [4.78, 5) is 6.65. The maximum Gasteiger partial charge on any atom is 0.144 e. The number of benzene rings is 1. The van der Waals surface area contributed by atoms with Crippen molar-refractivity contribution >= 4 is 16.7 Å². The summed E-state index contributed by atoms with van der Waals surface area (Å²) in [7, 11) is 4.07. The highest BCUT2D eigenvalue weighted by atomic mass is 15.1. The van der Waals surface area contributed by atoms with Gasteiger partial charge in [-0.25, -0.2) is 4.98 Å². The number of nitriles is 1. The van der Waals surface area contributed by atoms with Crippen LogP contribution in [-0.4, -0.2) is 36.6 Å². The van der Waals surface area contributed by atoms with E-state index in [1.54, 1.807) is 0 Å². The highest BCUT2D eigenvalue weighted by molar-refractivity contribution is 5.82. The molecule has 4 heteroatoms. The summed E-state index contributed by atoms with van der Waals surface area (Å²) in [6.45, 7) is 2.88. The fourth-order valence-electron chi connectivity index (χ4n) is 1.76. The molecule has 2 aromatic rings. The predicted molar refractivity (Wildman–Crippen MR) is 78.1 cm³/mol. The molecular weight excluding hydrogens is 236 g/mol. The number of likely N-dealkylation sites (N-methyl/N-ethyl adjacent to an activating group) is 1. The van der Waals surface area contributed by atoms with Gasteiger partial charge in [-0.3, -0.25) is 0 Å². The topological polar surface area (TPSA) is 52.0 Å². The third-order valence-electron chi connectivity index (χ3n) is 3.29. The molecule has 1 heterocycles. The van der Waals surface area contributed by atoms with Crippen LogP contribution in [-0.2, 0) is 0 Å². The van der Waals surface area contributed by atoms with E-state index in [0.717, 1.165) is 17.4 Å². The van der Waals surface area contributed by atoms with Crippen molar-refractivity contribution in [2.75, 3.05) is 26.0 Å². The van der Waals surface area contributed by atoms with Crippen molar-refractivity contribution in [2.24, 2.45) is 0 Å². The number of para-hydroxylation sites is 1. The predicted octanol–water partition coefficient (Wildman–Crippen LogP) is 2.47. The van der Waals surface area contributed by atoms with Gasteiger partial charge in [0.15, 0.2) is 0 Å². The largest absolute Gasteiger partial charge is 0.367 e. The second-order valence-electron chi connectivity index (χ2n) is 4.88. The second kappa shape index (κ2) is 5.68. The lowest BCUT2D eigenvalue weighted by Gasteiger charge is -2.20. The van der Waals surface area contributed by atoms with Gasteiger partial charge < -0.3 is 10.2 Å². The number of anilines is 1. The molecule has 0 bridgehead atoms. The summed E-state index contributed by atoms with van der Waals surface area (Å²) in [6.07, 6.45) is 0. The minimum atomic E-state index is 0.375. The Bertz CT molecular complexity index is 613. The van der Waals surface area contributed by atoms with Crippen molar-refractivity contribution in [2.45, 2.75) is 13.0 Å². The van der Waals surface area contributed by atoms with E-state index in [1.165, 1.54) is 0 Å². The van der Waals surface area contributed by atoms with Crippen molar-refractivity contribution in [3.8, 4) is 6.07 Å². The van der Waals surface area contributed by atoms with E-state index < -0.39 is 0 Å². The molecule has 0 saturated carbocycles. The summed E-state index contributed by atoms with van der Waals surface area (Å²) in [5.41, 5.74) is 1.49. The molecule has 0 fully saturated rings. The smallest absolute Gasteiger partial charge is 0.144 e. The molecule has 98 valence electrons. The van der Waals surface area contributed by atoms with Crippen molar-refractivity contribution in [1.82, 2.24) is 9.88 Å². The first-order valence-electron chi connectivity index (χ1n) is 6.32. The zero-order valence-electron chi connectivity index (χ0n) is 11.5. The van der Waals surface area contributed by atoms with Crippen LogP contribution in [0.5, 0.6) is 0 Å². The average Bonchev–Trinajstić information content (AvgIpc) is 2.43. The van der Waals surface area contributed by atoms with Crippen molar-refractivity contribution in [1.29, 1.82) is 5.26 Å². The Balaban J connectivity index is 2.29. The average molecular weight is 254 g/mol. The van der Waals surface area contributed by atoms with E-state index in [2.05, 4.69) is 28.2 Å². The highest BCUT2D eigenvalue weighted by Crippen LogP contribution is 2.19. The van der Waals surface area contributed by atoms with E-state index in [-0.39, 0.29) is 0 Å². The number of pyridine rings is 1. The second-order valence-corrected chi connectivity index (χ2v) is 4.88. The molecule has 1 unspecified atom stereocenters. The summed E-state index contributed by atoms with van der Waals surface area (Å²) < 4.78 is 0. The molecule has 1 atom stereocenters. The Labute approximate surface area is 113 Å². The van der Waals surface area contributed by atoms with Gasteiger partial charge in [0.2, 0.25) is 0 Å². The molecule has 0 radical (unpaired) electrons. The lowest BCUT2D eigenvalue weighted by molar-refractivity contribution is 0.326. The van der Waals surface area contributed by atoms with Crippen LogP contribution in [0.4, 0.5) is 5.82 Å². The van der Waals surface area contributed by atoms with E-state index in [1.807, 2.05) is 44.4 Å². The van der Waals surface area contributed by atoms with Crippen LogP contribution in [0, 0.1) is 11.3 Å². The normalized spacial score (nSPS) is 12.4. The van der Waals surface area contributed by atoms with Gasteiger partial charge >= 0.3 is 0 Å². The summed E-state index contributed by atoms with van der Waals surface area (Å²) >= 11 is 0. The van der Waals surface area contributed by atoms with E-state index in [0.29, 0.717) is 17.4 Å². The molecule has 0 spiro atoms. The summed E-state index contributed by atoms with van der Waals surface area (Å²) in [5, 5.41) is 13.5. The van der Waals surface area contributed by atoms with E-state index in [9.17, 15) is 5.26 Å². The van der Waals surface area contributed by atoms with Gasteiger partial charge in [-0.2, -0.15) is 5.26 Å². The number of aromatic nitrogens is 1. The number of rotatable bonds is 4.